The van der Waals surface area contributed by atoms with Gasteiger partial charge >= 0.3 is 6.36 Å². The van der Waals surface area contributed by atoms with Gasteiger partial charge in [-0.3, -0.25) is 0 Å². The fraction of sp³-hybridized carbons (Fsp3) is 0.167. The number of rotatable bonds is 7. The molecule has 0 amide bonds. The van der Waals surface area contributed by atoms with Crippen LogP contribution >= 0.6 is 12.4 Å². The summed E-state index contributed by atoms with van der Waals surface area (Å²) < 4.78 is 98.0. The van der Waals surface area contributed by atoms with Gasteiger partial charge in [0.1, 0.15) is 5.75 Å². The van der Waals surface area contributed by atoms with E-state index in [1.165, 1.54) is 31.3 Å². The molecule has 0 aliphatic rings. The molecule has 2 N–H and O–H groups in total. The Hall–Kier alpha value is -3.35. The maximum absolute atomic E-state index is 14.4. The van der Waals surface area contributed by atoms with Crippen LogP contribution < -0.4 is 15.4 Å². The highest BCUT2D eigenvalue weighted by Crippen LogP contribution is 2.32. The minimum atomic E-state index is -4.99. The van der Waals surface area contributed by atoms with Crippen LogP contribution in [0.1, 0.15) is 11.1 Å². The number of nitrogens with one attached hydrogen (secondary N) is 2. The van der Waals surface area contributed by atoms with Gasteiger partial charge in [-0.1, -0.05) is 18.2 Å². The van der Waals surface area contributed by atoms with Crippen LogP contribution in [0.15, 0.2) is 65.7 Å². The maximum Gasteiger partial charge on any atom is 0.573 e. The zero-order chi connectivity index (χ0) is 26.3. The van der Waals surface area contributed by atoms with Crippen LogP contribution in [-0.2, 0) is 16.6 Å². The summed E-state index contributed by atoms with van der Waals surface area (Å²) in [6.45, 7) is 1.71. The first-order valence-corrected chi connectivity index (χ1v) is 12.0. The highest BCUT2D eigenvalue weighted by molar-refractivity contribution is 7.90. The van der Waals surface area contributed by atoms with E-state index in [-0.39, 0.29) is 34.9 Å². The van der Waals surface area contributed by atoms with Crippen LogP contribution in [0, 0.1) is 18.6 Å². The van der Waals surface area contributed by atoms with Crippen molar-refractivity contribution in [3.63, 3.8) is 0 Å². The van der Waals surface area contributed by atoms with E-state index in [4.69, 9.17) is 0 Å². The molecule has 0 bridgehead atoms. The fourth-order valence-corrected chi connectivity index (χ4v) is 5.14. The molecule has 4 rings (SSSR count). The number of hydrogen-bond donors (Lipinski definition) is 2. The number of aromatic nitrogens is 1. The normalized spacial score (nSPS) is 11.9. The summed E-state index contributed by atoms with van der Waals surface area (Å²) in [4.78, 5) is -0.429. The SMILES string of the molecule is CNCc1cn(S(=O)(=O)c2cccc(OC(F)(F)F)c2)c2cc(Nc3ccc(C)c(F)c3F)ccc12.Cl. The van der Waals surface area contributed by atoms with Crippen LogP contribution in [0.4, 0.5) is 33.3 Å². The van der Waals surface area contributed by atoms with Crippen molar-refractivity contribution < 1.29 is 35.1 Å². The molecule has 0 radical (unpaired) electrons. The van der Waals surface area contributed by atoms with Crippen LogP contribution in [0.3, 0.4) is 0 Å². The van der Waals surface area contributed by atoms with E-state index in [1.54, 1.807) is 19.2 Å². The average Bonchev–Trinajstić information content (AvgIpc) is 3.17. The lowest BCUT2D eigenvalue weighted by molar-refractivity contribution is -0.274. The highest BCUT2D eigenvalue weighted by atomic mass is 35.5. The average molecular weight is 562 g/mol. The van der Waals surface area contributed by atoms with Crippen molar-refractivity contribution in [3.05, 3.63) is 83.6 Å². The Labute approximate surface area is 215 Å². The molecular weight excluding hydrogens is 541 g/mol. The smallest absolute Gasteiger partial charge is 0.406 e. The van der Waals surface area contributed by atoms with E-state index < -0.39 is 38.7 Å². The summed E-state index contributed by atoms with van der Waals surface area (Å²) in [5.41, 5.74) is 1.02. The van der Waals surface area contributed by atoms with Crippen molar-refractivity contribution in [3.8, 4) is 5.75 Å². The molecule has 0 unspecified atom stereocenters. The molecule has 198 valence electrons. The lowest BCUT2D eigenvalue weighted by atomic mass is 10.1. The lowest BCUT2D eigenvalue weighted by Crippen LogP contribution is -2.18. The second-order valence-corrected chi connectivity index (χ2v) is 9.74. The molecule has 0 saturated carbocycles. The predicted molar refractivity (Wildman–Crippen MR) is 132 cm³/mol. The topological polar surface area (TPSA) is 72.4 Å². The minimum Gasteiger partial charge on any atom is -0.406 e. The van der Waals surface area contributed by atoms with Gasteiger partial charge in [-0.05, 0) is 55.4 Å². The molecule has 0 saturated heterocycles. The molecule has 0 aliphatic carbocycles. The highest BCUT2D eigenvalue weighted by Gasteiger charge is 2.32. The summed E-state index contributed by atoms with van der Waals surface area (Å²) in [6, 6.07) is 11.4. The van der Waals surface area contributed by atoms with E-state index in [9.17, 15) is 30.4 Å². The van der Waals surface area contributed by atoms with Gasteiger partial charge in [-0.25, -0.2) is 21.2 Å². The van der Waals surface area contributed by atoms with Crippen molar-refractivity contribution in [1.82, 2.24) is 9.29 Å². The molecule has 1 heterocycles. The first kappa shape index (κ1) is 28.2. The largest absolute Gasteiger partial charge is 0.573 e. The van der Waals surface area contributed by atoms with Crippen LogP contribution in [0.2, 0.25) is 0 Å². The molecule has 4 aromatic rings. The number of fused-ring (bicyclic) bond motifs is 1. The molecule has 13 heteroatoms. The van der Waals surface area contributed by atoms with Gasteiger partial charge < -0.3 is 15.4 Å². The third kappa shape index (κ3) is 5.81. The quantitative estimate of drug-likeness (QED) is 0.261. The van der Waals surface area contributed by atoms with E-state index >= 15 is 0 Å². The molecule has 6 nitrogen and oxygen atoms in total. The Morgan fingerprint density at radius 1 is 1.00 bits per heavy atom. The molecule has 0 atom stereocenters. The van der Waals surface area contributed by atoms with Gasteiger partial charge in [0.15, 0.2) is 11.6 Å². The molecule has 1 aromatic heterocycles. The van der Waals surface area contributed by atoms with Crippen molar-refractivity contribution in [2.45, 2.75) is 24.7 Å². The summed E-state index contributed by atoms with van der Waals surface area (Å²) in [7, 11) is -2.70. The Morgan fingerprint density at radius 3 is 2.41 bits per heavy atom. The Kier molecular flexibility index (Phi) is 8.06. The molecular formula is C24H21ClF5N3O3S. The summed E-state index contributed by atoms with van der Waals surface area (Å²) in [5, 5.41) is 6.21. The number of hydrogen-bond acceptors (Lipinski definition) is 5. The van der Waals surface area contributed by atoms with Crippen molar-refractivity contribution in [2.75, 3.05) is 12.4 Å². The summed E-state index contributed by atoms with van der Waals surface area (Å²) in [5.74, 6) is -2.78. The minimum absolute atomic E-state index is 0. The van der Waals surface area contributed by atoms with Gasteiger partial charge in [-0.15, -0.1) is 25.6 Å². The molecule has 3 aromatic carbocycles. The number of aryl methyl sites for hydroxylation is 1. The molecule has 0 fully saturated rings. The number of ether oxygens (including phenoxy) is 1. The van der Waals surface area contributed by atoms with Gasteiger partial charge in [-0.2, -0.15) is 0 Å². The standard InChI is InChI=1S/C24H20F5N3O3S.ClH/c1-14-6-9-20(23(26)22(14)25)31-16-7-8-19-15(12-30-2)13-32(21(19)10-16)36(33,34)18-5-3-4-17(11-18)35-24(27,28)29;/h3-11,13,30-31H,12H2,1-2H3;1H. The first-order valence-electron chi connectivity index (χ1n) is 10.5. The summed E-state index contributed by atoms with van der Waals surface area (Å²) >= 11 is 0. The summed E-state index contributed by atoms with van der Waals surface area (Å²) in [6.07, 6.45) is -3.64. The van der Waals surface area contributed by atoms with Gasteiger partial charge in [0.2, 0.25) is 0 Å². The second kappa shape index (κ2) is 10.6. The van der Waals surface area contributed by atoms with Crippen molar-refractivity contribution >= 4 is 44.7 Å². The molecule has 37 heavy (non-hydrogen) atoms. The maximum atomic E-state index is 14.4. The first-order chi connectivity index (χ1) is 16.9. The Balaban J connectivity index is 0.00000380. The fourth-order valence-electron chi connectivity index (χ4n) is 3.72. The number of halogens is 6. The van der Waals surface area contributed by atoms with E-state index in [1.807, 2.05) is 0 Å². The molecule has 0 spiro atoms. The van der Waals surface area contributed by atoms with Crippen molar-refractivity contribution in [2.24, 2.45) is 0 Å². The van der Waals surface area contributed by atoms with Gasteiger partial charge in [0.25, 0.3) is 10.0 Å². The third-order valence-electron chi connectivity index (χ3n) is 5.37. The monoisotopic (exact) mass is 561 g/mol. The third-order valence-corrected chi connectivity index (χ3v) is 7.04. The number of nitrogens with zero attached hydrogens (tertiary/aromatic N) is 1. The van der Waals surface area contributed by atoms with Crippen molar-refractivity contribution in [1.29, 1.82) is 0 Å². The zero-order valence-corrected chi connectivity index (χ0v) is 21.0. The molecule has 0 aliphatic heterocycles. The van der Waals surface area contributed by atoms with Gasteiger partial charge in [0, 0.05) is 29.9 Å². The zero-order valence-electron chi connectivity index (χ0n) is 19.4. The van der Waals surface area contributed by atoms with E-state index in [0.717, 1.165) is 28.2 Å². The predicted octanol–water partition coefficient (Wildman–Crippen LogP) is 6.25. The Morgan fingerprint density at radius 2 is 1.73 bits per heavy atom. The number of benzene rings is 3. The lowest BCUT2D eigenvalue weighted by Gasteiger charge is -2.13. The second-order valence-electron chi connectivity index (χ2n) is 7.92. The Bertz CT molecular complexity index is 1560. The number of alkyl halides is 3. The number of anilines is 2. The van der Waals surface area contributed by atoms with E-state index in [0.29, 0.717) is 17.5 Å². The van der Waals surface area contributed by atoms with E-state index in [2.05, 4.69) is 15.4 Å². The van der Waals surface area contributed by atoms with Crippen LogP contribution in [0.5, 0.6) is 5.75 Å². The van der Waals surface area contributed by atoms with Crippen LogP contribution in [-0.4, -0.2) is 25.8 Å². The van der Waals surface area contributed by atoms with Gasteiger partial charge in [0.05, 0.1) is 16.1 Å². The van der Waals surface area contributed by atoms with Crippen LogP contribution in [0.25, 0.3) is 10.9 Å².